The van der Waals surface area contributed by atoms with E-state index in [-0.39, 0.29) is 0 Å². The number of aromatic nitrogens is 2. The van der Waals surface area contributed by atoms with E-state index in [1.807, 2.05) is 16.8 Å². The summed E-state index contributed by atoms with van der Waals surface area (Å²) in [6.07, 6.45) is 5.14. The minimum Gasteiger partial charge on any atom is -0.380 e. The van der Waals surface area contributed by atoms with Gasteiger partial charge in [0.1, 0.15) is 11.9 Å². The maximum Gasteiger partial charge on any atom is 0.146 e. The van der Waals surface area contributed by atoms with Gasteiger partial charge in [0.2, 0.25) is 0 Å². The molecule has 0 aliphatic carbocycles. The molecule has 1 atom stereocenters. The van der Waals surface area contributed by atoms with Gasteiger partial charge in [0.15, 0.2) is 0 Å². The molecule has 4 heteroatoms. The first-order valence-corrected chi connectivity index (χ1v) is 6.85. The first kappa shape index (κ1) is 12.3. The molecule has 0 spiro atoms. The molecule has 0 saturated carbocycles. The lowest BCUT2D eigenvalue weighted by molar-refractivity contribution is 0.208. The van der Waals surface area contributed by atoms with E-state index in [9.17, 15) is 5.11 Å². The summed E-state index contributed by atoms with van der Waals surface area (Å²) in [6.45, 7) is 5.15. The summed E-state index contributed by atoms with van der Waals surface area (Å²) in [6, 6.07) is 4.08. The Kier molecular flexibility index (Phi) is 3.97. The van der Waals surface area contributed by atoms with Gasteiger partial charge in [-0.2, -0.15) is 0 Å². The van der Waals surface area contributed by atoms with Crippen molar-refractivity contribution in [3.8, 4) is 0 Å². The zero-order valence-corrected chi connectivity index (χ0v) is 11.1. The number of aryl methyl sites for hydroxylation is 2. The van der Waals surface area contributed by atoms with Crippen LogP contribution in [-0.4, -0.2) is 14.7 Å². The van der Waals surface area contributed by atoms with Gasteiger partial charge in [0.25, 0.3) is 0 Å². The monoisotopic (exact) mass is 250 g/mol. The number of aliphatic hydroxyl groups is 1. The van der Waals surface area contributed by atoms with Gasteiger partial charge < -0.3 is 9.67 Å². The zero-order valence-electron chi connectivity index (χ0n) is 10.3. The van der Waals surface area contributed by atoms with E-state index in [0.29, 0.717) is 0 Å². The molecule has 2 heterocycles. The average Bonchev–Trinajstić information content (AvgIpc) is 2.97. The van der Waals surface area contributed by atoms with Crippen LogP contribution in [0.15, 0.2) is 24.5 Å². The van der Waals surface area contributed by atoms with Crippen LogP contribution in [0.4, 0.5) is 0 Å². The molecule has 92 valence electrons. The van der Waals surface area contributed by atoms with E-state index in [1.165, 1.54) is 4.88 Å². The Balaban J connectivity index is 2.23. The Hall–Kier alpha value is -1.13. The number of thiophene rings is 1. The maximum absolute atomic E-state index is 10.3. The molecule has 1 unspecified atom stereocenters. The highest BCUT2D eigenvalue weighted by Crippen LogP contribution is 2.27. The number of imidazole rings is 1. The molecule has 0 bridgehead atoms. The minimum absolute atomic E-state index is 0.596. The van der Waals surface area contributed by atoms with Crippen LogP contribution >= 0.6 is 11.3 Å². The van der Waals surface area contributed by atoms with E-state index in [1.54, 1.807) is 17.5 Å². The second-order valence-electron chi connectivity index (χ2n) is 4.04. The van der Waals surface area contributed by atoms with Crippen LogP contribution in [0, 0.1) is 0 Å². The van der Waals surface area contributed by atoms with E-state index in [4.69, 9.17) is 0 Å². The first-order valence-electron chi connectivity index (χ1n) is 6.04. The van der Waals surface area contributed by atoms with Gasteiger partial charge in [-0.1, -0.05) is 13.8 Å². The van der Waals surface area contributed by atoms with Crippen molar-refractivity contribution in [2.24, 2.45) is 0 Å². The Bertz CT molecular complexity index is 475. The predicted molar refractivity (Wildman–Crippen MR) is 70.3 cm³/mol. The van der Waals surface area contributed by atoms with Gasteiger partial charge in [-0.3, -0.25) is 0 Å². The molecular formula is C13H18N2OS. The van der Waals surface area contributed by atoms with Crippen LogP contribution in [0.5, 0.6) is 0 Å². The van der Waals surface area contributed by atoms with Crippen LogP contribution in [0.25, 0.3) is 0 Å². The Morgan fingerprint density at radius 2 is 2.24 bits per heavy atom. The Labute approximate surface area is 106 Å². The molecule has 2 aromatic heterocycles. The van der Waals surface area contributed by atoms with Crippen LogP contribution in [0.1, 0.15) is 42.0 Å². The van der Waals surface area contributed by atoms with Crippen molar-refractivity contribution in [2.45, 2.75) is 39.3 Å². The fourth-order valence-electron chi connectivity index (χ4n) is 1.86. The number of hydrogen-bond acceptors (Lipinski definition) is 3. The number of aliphatic hydroxyl groups excluding tert-OH is 1. The Morgan fingerprint density at radius 1 is 1.41 bits per heavy atom. The third-order valence-corrected chi connectivity index (χ3v) is 4.04. The van der Waals surface area contributed by atoms with Gasteiger partial charge in [0.05, 0.1) is 0 Å². The zero-order chi connectivity index (χ0) is 12.3. The van der Waals surface area contributed by atoms with E-state index in [2.05, 4.69) is 24.9 Å². The molecule has 0 aromatic carbocycles. The molecule has 2 aromatic rings. The highest BCUT2D eigenvalue weighted by atomic mass is 32.1. The molecule has 17 heavy (non-hydrogen) atoms. The van der Waals surface area contributed by atoms with Crippen molar-refractivity contribution in [3.63, 3.8) is 0 Å². The highest BCUT2D eigenvalue weighted by molar-refractivity contribution is 7.12. The van der Waals surface area contributed by atoms with Crippen LogP contribution in [-0.2, 0) is 13.0 Å². The SMILES string of the molecule is CCCn1ccnc1C(O)c1ccc(CC)s1. The second-order valence-corrected chi connectivity index (χ2v) is 5.24. The first-order chi connectivity index (χ1) is 8.26. The van der Waals surface area contributed by atoms with Gasteiger partial charge in [-0.25, -0.2) is 4.98 Å². The standard InChI is InChI=1S/C13H18N2OS/c1-3-8-15-9-7-14-13(15)12(16)11-6-5-10(4-2)17-11/h5-7,9,12,16H,3-4,8H2,1-2H3. The van der Waals surface area contributed by atoms with Gasteiger partial charge in [-0.15, -0.1) is 11.3 Å². The van der Waals surface area contributed by atoms with Gasteiger partial charge in [-0.05, 0) is 25.0 Å². The molecule has 0 radical (unpaired) electrons. The number of hydrogen-bond donors (Lipinski definition) is 1. The van der Waals surface area contributed by atoms with Crippen LogP contribution in [0.3, 0.4) is 0 Å². The molecule has 1 N–H and O–H groups in total. The van der Waals surface area contributed by atoms with E-state index < -0.39 is 6.10 Å². The third-order valence-electron chi connectivity index (χ3n) is 2.76. The van der Waals surface area contributed by atoms with Crippen molar-refractivity contribution >= 4 is 11.3 Å². The maximum atomic E-state index is 10.3. The summed E-state index contributed by atoms with van der Waals surface area (Å²) < 4.78 is 2.02. The number of nitrogens with zero attached hydrogens (tertiary/aromatic N) is 2. The topological polar surface area (TPSA) is 38.0 Å². The van der Waals surface area contributed by atoms with Gasteiger partial charge in [0, 0.05) is 28.7 Å². The van der Waals surface area contributed by atoms with Crippen molar-refractivity contribution in [1.82, 2.24) is 9.55 Å². The molecule has 0 saturated heterocycles. The van der Waals surface area contributed by atoms with E-state index >= 15 is 0 Å². The molecular weight excluding hydrogens is 232 g/mol. The summed E-state index contributed by atoms with van der Waals surface area (Å²) >= 11 is 1.66. The smallest absolute Gasteiger partial charge is 0.146 e. The lowest BCUT2D eigenvalue weighted by Crippen LogP contribution is -2.08. The molecule has 0 fully saturated rings. The third kappa shape index (κ3) is 2.58. The summed E-state index contributed by atoms with van der Waals surface area (Å²) in [4.78, 5) is 6.54. The summed E-state index contributed by atoms with van der Waals surface area (Å²) in [5.74, 6) is 0.747. The predicted octanol–water partition coefficient (Wildman–Crippen LogP) is 3.00. The summed E-state index contributed by atoms with van der Waals surface area (Å²) in [5.41, 5.74) is 0. The van der Waals surface area contributed by atoms with E-state index in [0.717, 1.165) is 30.1 Å². The van der Waals surface area contributed by atoms with Crippen molar-refractivity contribution < 1.29 is 5.11 Å². The lowest BCUT2D eigenvalue weighted by atomic mass is 10.2. The fraction of sp³-hybridized carbons (Fsp3) is 0.462. The normalized spacial score (nSPS) is 12.9. The van der Waals surface area contributed by atoms with Crippen LogP contribution in [0.2, 0.25) is 0 Å². The molecule has 3 nitrogen and oxygen atoms in total. The molecule has 0 aliphatic heterocycles. The van der Waals surface area contributed by atoms with Crippen molar-refractivity contribution in [1.29, 1.82) is 0 Å². The highest BCUT2D eigenvalue weighted by Gasteiger charge is 2.17. The molecule has 0 amide bonds. The number of rotatable bonds is 5. The average molecular weight is 250 g/mol. The molecule has 2 rings (SSSR count). The fourth-order valence-corrected chi connectivity index (χ4v) is 2.79. The van der Waals surface area contributed by atoms with Crippen molar-refractivity contribution in [3.05, 3.63) is 40.1 Å². The summed E-state index contributed by atoms with van der Waals surface area (Å²) in [5, 5.41) is 10.3. The second kappa shape index (κ2) is 5.47. The van der Waals surface area contributed by atoms with Crippen LogP contribution < -0.4 is 0 Å². The van der Waals surface area contributed by atoms with Gasteiger partial charge >= 0.3 is 0 Å². The Morgan fingerprint density at radius 3 is 2.88 bits per heavy atom. The van der Waals surface area contributed by atoms with Crippen molar-refractivity contribution in [2.75, 3.05) is 0 Å². The molecule has 0 aliphatic rings. The largest absolute Gasteiger partial charge is 0.380 e. The lowest BCUT2D eigenvalue weighted by Gasteiger charge is -2.11. The quantitative estimate of drug-likeness (QED) is 0.886. The minimum atomic E-state index is -0.596. The summed E-state index contributed by atoms with van der Waals surface area (Å²) in [7, 11) is 0.